The molecule has 1 aliphatic rings. The number of fused-ring (bicyclic) bond motifs is 1. The number of alkyl carbamates (subject to hydrolysis) is 1. The number of unbranched alkanes of at least 4 members (excludes halogenated alkanes) is 2. The smallest absolute Gasteiger partial charge is 0.407 e. The largest absolute Gasteiger partial charge is 0.491 e. The molecule has 4 rings (SSSR count). The Hall–Kier alpha value is -6.24. The van der Waals surface area contributed by atoms with Crippen LogP contribution in [-0.2, 0) is 30.3 Å². The average Bonchev–Trinajstić information content (AvgIpc) is 3.37. The maximum absolute atomic E-state index is 12.4. The molecule has 1 aliphatic heterocycles. The van der Waals surface area contributed by atoms with Crippen LogP contribution < -0.4 is 31.3 Å². The van der Waals surface area contributed by atoms with Gasteiger partial charge < -0.3 is 31.2 Å². The highest BCUT2D eigenvalue weighted by atomic mass is 16.6. The number of hydrogen-bond donors (Lipinski definition) is 4. The van der Waals surface area contributed by atoms with Gasteiger partial charge >= 0.3 is 6.09 Å². The molecule has 0 saturated carbocycles. The number of allylic oxidation sites excluding steroid dienone is 2. The summed E-state index contributed by atoms with van der Waals surface area (Å²) in [6, 6.07) is 22.3. The number of nitrogens with one attached hydrogen (secondary N) is 3. The molecule has 3 aromatic carbocycles. The summed E-state index contributed by atoms with van der Waals surface area (Å²) < 4.78 is 10.7. The number of carbonyl (C=O) groups excluding carboxylic acids is 6. The lowest BCUT2D eigenvalue weighted by atomic mass is 10.0. The highest BCUT2D eigenvalue weighted by molar-refractivity contribution is 6.09. The number of nitrogens with two attached hydrogens (primary N) is 1. The van der Waals surface area contributed by atoms with Crippen LogP contribution in [0.5, 0.6) is 5.75 Å². The van der Waals surface area contributed by atoms with E-state index in [9.17, 15) is 28.8 Å². The first-order valence-corrected chi connectivity index (χ1v) is 20.3. The molecule has 5 N–H and O–H groups in total. The Morgan fingerprint density at radius 2 is 1.42 bits per heavy atom. The number of primary amides is 1. The normalized spacial score (nSPS) is 11.9. The minimum atomic E-state index is -0.725. The highest BCUT2D eigenvalue weighted by Crippen LogP contribution is 2.30. The predicted octanol–water partition coefficient (Wildman–Crippen LogP) is 7.23. The third-order valence-electron chi connectivity index (χ3n) is 8.15. The summed E-state index contributed by atoms with van der Waals surface area (Å²) in [6.07, 6.45) is 8.26. The summed E-state index contributed by atoms with van der Waals surface area (Å²) in [7, 11) is 0. The average molecular weight is 828 g/mol. The number of ketones is 1. The summed E-state index contributed by atoms with van der Waals surface area (Å²) in [4.78, 5) is 72.8. The van der Waals surface area contributed by atoms with Crippen molar-refractivity contribution in [3.05, 3.63) is 121 Å². The molecule has 60 heavy (non-hydrogen) atoms. The van der Waals surface area contributed by atoms with E-state index < -0.39 is 23.6 Å². The first kappa shape index (κ1) is 51.8. The maximum Gasteiger partial charge on any atom is 0.407 e. The number of carbonyl (C=O) groups is 6. The Labute approximate surface area is 356 Å². The molecule has 0 radical (unpaired) electrons. The van der Waals surface area contributed by atoms with Crippen molar-refractivity contribution in [3.63, 3.8) is 0 Å². The van der Waals surface area contributed by atoms with Gasteiger partial charge in [-0.2, -0.15) is 0 Å². The van der Waals surface area contributed by atoms with Crippen molar-refractivity contribution >= 4 is 41.2 Å². The van der Waals surface area contributed by atoms with E-state index in [-0.39, 0.29) is 42.9 Å². The molecular weight excluding hydrogens is 763 g/mol. The van der Waals surface area contributed by atoms with Crippen LogP contribution >= 0.6 is 0 Å². The lowest BCUT2D eigenvalue weighted by molar-refractivity contribution is -0.126. The molecule has 3 aromatic rings. The van der Waals surface area contributed by atoms with Gasteiger partial charge in [-0.3, -0.25) is 28.9 Å². The third-order valence-corrected chi connectivity index (χ3v) is 8.15. The fraction of sp³-hybridized carbons (Fsp3) is 0.404. The first-order valence-electron chi connectivity index (χ1n) is 20.3. The van der Waals surface area contributed by atoms with E-state index >= 15 is 0 Å². The first-order chi connectivity index (χ1) is 28.6. The molecule has 1 atom stereocenters. The van der Waals surface area contributed by atoms with Crippen LogP contribution in [0.4, 0.5) is 10.5 Å². The summed E-state index contributed by atoms with van der Waals surface area (Å²) >= 11 is 0. The molecule has 1 unspecified atom stereocenters. The molecule has 0 bridgehead atoms. The number of para-hydroxylation sites is 2. The molecule has 1 heterocycles. The zero-order chi connectivity index (χ0) is 44.9. The summed E-state index contributed by atoms with van der Waals surface area (Å²) in [5, 5.41) is 8.07. The fourth-order valence-electron chi connectivity index (χ4n) is 4.98. The molecule has 0 aliphatic carbocycles. The second-order valence-corrected chi connectivity index (χ2v) is 14.5. The van der Waals surface area contributed by atoms with Crippen LogP contribution in [-0.4, -0.2) is 73.4 Å². The van der Waals surface area contributed by atoms with Gasteiger partial charge in [-0.15, -0.1) is 13.2 Å². The maximum atomic E-state index is 12.4. The van der Waals surface area contributed by atoms with Crippen molar-refractivity contribution in [2.75, 3.05) is 31.1 Å². The zero-order valence-corrected chi connectivity index (χ0v) is 36.2. The Morgan fingerprint density at radius 3 is 2.02 bits per heavy atom. The number of amides is 5. The van der Waals surface area contributed by atoms with Crippen LogP contribution in [0.1, 0.15) is 102 Å². The van der Waals surface area contributed by atoms with E-state index in [2.05, 4.69) is 43.0 Å². The number of nitrogens with zero attached hydrogens (tertiary/aromatic N) is 1. The number of rotatable bonds is 16. The van der Waals surface area contributed by atoms with Crippen LogP contribution in [0.2, 0.25) is 0 Å². The Morgan fingerprint density at radius 1 is 0.833 bits per heavy atom. The van der Waals surface area contributed by atoms with Crippen molar-refractivity contribution in [1.29, 1.82) is 0 Å². The molecule has 13 heteroatoms. The van der Waals surface area contributed by atoms with Gasteiger partial charge in [0.05, 0.1) is 25.1 Å². The predicted molar refractivity (Wildman–Crippen MR) is 238 cm³/mol. The van der Waals surface area contributed by atoms with Crippen molar-refractivity contribution in [1.82, 2.24) is 16.0 Å². The second kappa shape index (κ2) is 29.0. The molecule has 0 aromatic heterocycles. The minimum absolute atomic E-state index is 0.0284. The highest BCUT2D eigenvalue weighted by Gasteiger charge is 2.25. The Bertz CT molecular complexity index is 1820. The minimum Gasteiger partial charge on any atom is -0.491 e. The lowest BCUT2D eigenvalue weighted by Gasteiger charge is -2.21. The van der Waals surface area contributed by atoms with Crippen molar-refractivity contribution in [2.24, 2.45) is 5.73 Å². The molecule has 0 saturated heterocycles. The quantitative estimate of drug-likeness (QED) is 0.0662. The molecule has 0 fully saturated rings. The lowest BCUT2D eigenvalue weighted by Crippen LogP contribution is -2.42. The van der Waals surface area contributed by atoms with E-state index in [1.54, 1.807) is 60.7 Å². The van der Waals surface area contributed by atoms with Crippen LogP contribution in [0.25, 0.3) is 0 Å². The van der Waals surface area contributed by atoms with E-state index in [4.69, 9.17) is 15.2 Å². The zero-order valence-electron chi connectivity index (χ0n) is 36.2. The standard InChI is InChI=1S/C21H31N3O5.C18H18N2O3.2C4H8/c1-21(2,3)29-20(27)23-13-8-4-7-12-22-18(25)15-24-16-9-5-6-10-17(16)28-14-11-19(24)26;1-12(18(19)23)20-16(21)11-13-6-5-9-15(10-13)17(22)14-7-3-2-4-8-14;2*1-3-4-2/h5-6,9-10H,4,7-8,11-15H2,1-3H3,(H,22,25)(H,23,27);2-10,12H,11H2,1H3,(H2,19,23)(H,20,21);2*3H,1,4H2,2H3. The van der Waals surface area contributed by atoms with Gasteiger partial charge in [-0.25, -0.2) is 4.79 Å². The van der Waals surface area contributed by atoms with E-state index in [1.165, 1.54) is 11.8 Å². The topological polar surface area (TPSA) is 186 Å². The van der Waals surface area contributed by atoms with Gasteiger partial charge in [0.15, 0.2) is 5.78 Å². The van der Waals surface area contributed by atoms with E-state index in [0.29, 0.717) is 47.8 Å². The van der Waals surface area contributed by atoms with Gasteiger partial charge in [0.2, 0.25) is 23.6 Å². The molecule has 13 nitrogen and oxygen atoms in total. The summed E-state index contributed by atoms with van der Waals surface area (Å²) in [5.74, 6) is -0.728. The van der Waals surface area contributed by atoms with E-state index in [0.717, 1.165) is 32.1 Å². The van der Waals surface area contributed by atoms with Crippen LogP contribution in [0, 0.1) is 0 Å². The Kier molecular flexibility index (Phi) is 25.1. The van der Waals surface area contributed by atoms with Crippen LogP contribution in [0.3, 0.4) is 0 Å². The number of anilines is 1. The number of hydrogen-bond acceptors (Lipinski definition) is 8. The second-order valence-electron chi connectivity index (χ2n) is 14.5. The van der Waals surface area contributed by atoms with Gasteiger partial charge in [-0.05, 0) is 83.6 Å². The van der Waals surface area contributed by atoms with Crippen molar-refractivity contribution in [2.45, 2.75) is 98.1 Å². The molecule has 326 valence electrons. The third kappa shape index (κ3) is 22.1. The van der Waals surface area contributed by atoms with Gasteiger partial charge in [-0.1, -0.05) is 86.7 Å². The van der Waals surface area contributed by atoms with Gasteiger partial charge in [0.25, 0.3) is 0 Å². The van der Waals surface area contributed by atoms with Crippen molar-refractivity contribution < 1.29 is 38.2 Å². The van der Waals surface area contributed by atoms with Gasteiger partial charge in [0.1, 0.15) is 23.9 Å². The van der Waals surface area contributed by atoms with Crippen molar-refractivity contribution in [3.8, 4) is 5.75 Å². The number of ether oxygens (including phenoxy) is 2. The van der Waals surface area contributed by atoms with E-state index in [1.807, 2.05) is 51.1 Å². The number of benzene rings is 3. The summed E-state index contributed by atoms with van der Waals surface area (Å²) in [6.45, 7) is 19.4. The molecular formula is C47H65N5O8. The molecule has 5 amide bonds. The fourth-order valence-corrected chi connectivity index (χ4v) is 4.98. The SMILES string of the molecule is C=CCC.C=CCC.CC(C)(C)OC(=O)NCCCCCNC(=O)CN1C(=O)CCOc2ccccc21.CC(NC(=O)Cc1cccc(C(=O)c2ccccc2)c1)C(N)=O. The summed E-state index contributed by atoms with van der Waals surface area (Å²) in [5.41, 5.74) is 7.03. The monoisotopic (exact) mass is 827 g/mol. The Balaban J connectivity index is 0.000000517. The van der Waals surface area contributed by atoms with Gasteiger partial charge in [0, 0.05) is 24.2 Å². The van der Waals surface area contributed by atoms with Crippen LogP contribution in [0.15, 0.2) is 104 Å². The molecule has 0 spiro atoms.